The van der Waals surface area contributed by atoms with Crippen LogP contribution in [0.4, 0.5) is 5.69 Å². The van der Waals surface area contributed by atoms with Crippen LogP contribution in [0.2, 0.25) is 0 Å². The Labute approximate surface area is 158 Å². The number of benzene rings is 2. The van der Waals surface area contributed by atoms with Gasteiger partial charge in [-0.15, -0.1) is 0 Å². The highest BCUT2D eigenvalue weighted by Gasteiger charge is 2.22. The van der Waals surface area contributed by atoms with Gasteiger partial charge in [0, 0.05) is 5.69 Å². The summed E-state index contributed by atoms with van der Waals surface area (Å²) in [6.45, 7) is 3.42. The Morgan fingerprint density at radius 1 is 0.963 bits per heavy atom. The second kappa shape index (κ2) is 8.93. The maximum absolute atomic E-state index is 12.4. The minimum Gasteiger partial charge on any atom is -0.493 e. The molecule has 0 heterocycles. The summed E-state index contributed by atoms with van der Waals surface area (Å²) in [6.07, 6.45) is -0.989. The second-order valence-electron chi connectivity index (χ2n) is 5.82. The van der Waals surface area contributed by atoms with Gasteiger partial charge in [-0.3, -0.25) is 4.79 Å². The normalized spacial score (nSPS) is 11.3. The molecule has 2 rings (SSSR count). The number of carbonyl (C=O) groups is 2. The molecule has 0 spiro atoms. The van der Waals surface area contributed by atoms with Gasteiger partial charge in [0.15, 0.2) is 17.6 Å². The third-order valence-corrected chi connectivity index (χ3v) is 3.84. The molecule has 7 heteroatoms. The average molecular weight is 373 g/mol. The maximum Gasteiger partial charge on any atom is 0.339 e. The molecule has 0 aromatic heterocycles. The lowest BCUT2D eigenvalue weighted by molar-refractivity contribution is -0.123. The number of nitrogens with one attached hydrogen (secondary N) is 1. The zero-order valence-corrected chi connectivity index (χ0v) is 16.0. The highest BCUT2D eigenvalue weighted by atomic mass is 16.5. The standard InChI is InChI=1S/C20H23NO6/c1-12-7-6-8-15(9-12)21-19(22)13(2)27-20(23)14-10-16(24-3)18(26-5)17(11-14)25-4/h6-11,13H,1-5H3,(H,21,22)/t13-/m1/s1. The first-order chi connectivity index (χ1) is 12.9. The van der Waals surface area contributed by atoms with Crippen molar-refractivity contribution in [2.45, 2.75) is 20.0 Å². The molecule has 27 heavy (non-hydrogen) atoms. The van der Waals surface area contributed by atoms with E-state index in [2.05, 4.69) is 5.32 Å². The molecule has 0 bridgehead atoms. The van der Waals surface area contributed by atoms with Crippen LogP contribution in [0.5, 0.6) is 17.2 Å². The molecule has 0 aliphatic carbocycles. The molecule has 1 atom stereocenters. The summed E-state index contributed by atoms with van der Waals surface area (Å²) in [6, 6.07) is 10.3. The third kappa shape index (κ3) is 4.91. The van der Waals surface area contributed by atoms with E-state index in [1.807, 2.05) is 25.1 Å². The molecule has 0 fully saturated rings. The smallest absolute Gasteiger partial charge is 0.339 e. The van der Waals surface area contributed by atoms with Gasteiger partial charge in [-0.25, -0.2) is 4.79 Å². The first-order valence-electron chi connectivity index (χ1n) is 8.28. The van der Waals surface area contributed by atoms with Crippen molar-refractivity contribution in [2.24, 2.45) is 0 Å². The van der Waals surface area contributed by atoms with Crippen LogP contribution in [-0.4, -0.2) is 39.3 Å². The van der Waals surface area contributed by atoms with Gasteiger partial charge in [-0.05, 0) is 43.7 Å². The van der Waals surface area contributed by atoms with E-state index in [1.54, 1.807) is 6.07 Å². The molecule has 0 unspecified atom stereocenters. The largest absolute Gasteiger partial charge is 0.493 e. The first kappa shape index (κ1) is 20.1. The number of hydrogen-bond donors (Lipinski definition) is 1. The zero-order chi connectivity index (χ0) is 20.0. The first-order valence-corrected chi connectivity index (χ1v) is 8.28. The van der Waals surface area contributed by atoms with E-state index in [-0.39, 0.29) is 5.56 Å². The van der Waals surface area contributed by atoms with E-state index in [9.17, 15) is 9.59 Å². The molecule has 2 aromatic rings. The predicted molar refractivity (Wildman–Crippen MR) is 101 cm³/mol. The van der Waals surface area contributed by atoms with Crippen molar-refractivity contribution < 1.29 is 28.5 Å². The maximum atomic E-state index is 12.4. The molecule has 1 amide bonds. The topological polar surface area (TPSA) is 83.1 Å². The van der Waals surface area contributed by atoms with Crippen molar-refractivity contribution >= 4 is 17.6 Å². The number of carbonyl (C=O) groups excluding carboxylic acids is 2. The van der Waals surface area contributed by atoms with Crippen LogP contribution in [0.3, 0.4) is 0 Å². The predicted octanol–water partition coefficient (Wildman–Crippen LogP) is 3.20. The Balaban J connectivity index is 2.12. The van der Waals surface area contributed by atoms with Gasteiger partial charge in [0.2, 0.25) is 5.75 Å². The minimum absolute atomic E-state index is 0.180. The van der Waals surface area contributed by atoms with Crippen molar-refractivity contribution in [3.63, 3.8) is 0 Å². The Bertz CT molecular complexity index is 808. The van der Waals surface area contributed by atoms with E-state index in [4.69, 9.17) is 18.9 Å². The van der Waals surface area contributed by atoms with Crippen molar-refractivity contribution in [2.75, 3.05) is 26.6 Å². The lowest BCUT2D eigenvalue weighted by atomic mass is 10.2. The number of anilines is 1. The summed E-state index contributed by atoms with van der Waals surface area (Å²) in [5, 5.41) is 2.72. The van der Waals surface area contributed by atoms with Crippen LogP contribution >= 0.6 is 0 Å². The monoisotopic (exact) mass is 373 g/mol. The number of amides is 1. The SMILES string of the molecule is COc1cc(C(=O)O[C@H](C)C(=O)Nc2cccc(C)c2)cc(OC)c1OC. The molecular weight excluding hydrogens is 350 g/mol. The van der Waals surface area contributed by atoms with Gasteiger partial charge >= 0.3 is 5.97 Å². The Morgan fingerprint density at radius 3 is 2.11 bits per heavy atom. The fourth-order valence-electron chi connectivity index (χ4n) is 2.45. The van der Waals surface area contributed by atoms with Gasteiger partial charge in [0.05, 0.1) is 26.9 Å². The number of rotatable bonds is 7. The van der Waals surface area contributed by atoms with Gasteiger partial charge in [0.25, 0.3) is 5.91 Å². The summed E-state index contributed by atoms with van der Waals surface area (Å²) in [5.74, 6) is -0.106. The molecule has 7 nitrogen and oxygen atoms in total. The lowest BCUT2D eigenvalue weighted by Crippen LogP contribution is -2.30. The zero-order valence-electron chi connectivity index (χ0n) is 16.0. The number of esters is 1. The number of methoxy groups -OCH3 is 3. The van der Waals surface area contributed by atoms with Crippen molar-refractivity contribution in [3.8, 4) is 17.2 Å². The summed E-state index contributed by atoms with van der Waals surface area (Å²) >= 11 is 0. The third-order valence-electron chi connectivity index (χ3n) is 3.84. The molecule has 0 saturated carbocycles. The van der Waals surface area contributed by atoms with Crippen LogP contribution in [-0.2, 0) is 9.53 Å². The van der Waals surface area contributed by atoms with Crippen molar-refractivity contribution in [3.05, 3.63) is 47.5 Å². The van der Waals surface area contributed by atoms with Crippen LogP contribution < -0.4 is 19.5 Å². The summed E-state index contributed by atoms with van der Waals surface area (Å²) in [5.41, 5.74) is 1.82. The highest BCUT2D eigenvalue weighted by Crippen LogP contribution is 2.38. The van der Waals surface area contributed by atoms with Crippen molar-refractivity contribution in [1.29, 1.82) is 0 Å². The van der Waals surface area contributed by atoms with Gasteiger partial charge in [-0.1, -0.05) is 12.1 Å². The van der Waals surface area contributed by atoms with Crippen molar-refractivity contribution in [1.82, 2.24) is 0 Å². The van der Waals surface area contributed by atoms with Gasteiger partial charge in [-0.2, -0.15) is 0 Å². The van der Waals surface area contributed by atoms with Crippen LogP contribution in [0.15, 0.2) is 36.4 Å². The van der Waals surface area contributed by atoms with E-state index in [0.717, 1.165) is 5.56 Å². The lowest BCUT2D eigenvalue weighted by Gasteiger charge is -2.16. The highest BCUT2D eigenvalue weighted by molar-refractivity contribution is 5.97. The van der Waals surface area contributed by atoms with Gasteiger partial charge in [0.1, 0.15) is 0 Å². The molecule has 0 radical (unpaired) electrons. The molecule has 0 saturated heterocycles. The average Bonchev–Trinajstić information content (AvgIpc) is 2.66. The van der Waals surface area contributed by atoms with Crippen LogP contribution in [0.25, 0.3) is 0 Å². The van der Waals surface area contributed by atoms with E-state index in [0.29, 0.717) is 22.9 Å². The van der Waals surface area contributed by atoms with E-state index >= 15 is 0 Å². The number of hydrogen-bond acceptors (Lipinski definition) is 6. The Hall–Kier alpha value is -3.22. The molecule has 1 N–H and O–H groups in total. The molecular formula is C20H23NO6. The Kier molecular flexibility index (Phi) is 6.65. The number of ether oxygens (including phenoxy) is 4. The summed E-state index contributed by atoms with van der Waals surface area (Å²) in [7, 11) is 4.37. The summed E-state index contributed by atoms with van der Waals surface area (Å²) < 4.78 is 20.9. The van der Waals surface area contributed by atoms with Gasteiger partial charge < -0.3 is 24.3 Å². The quantitative estimate of drug-likeness (QED) is 0.751. The van der Waals surface area contributed by atoms with Crippen LogP contribution in [0, 0.1) is 6.92 Å². The molecule has 0 aliphatic heterocycles. The van der Waals surface area contributed by atoms with E-state index < -0.39 is 18.0 Å². The second-order valence-corrected chi connectivity index (χ2v) is 5.82. The molecule has 2 aromatic carbocycles. The van der Waals surface area contributed by atoms with Crippen LogP contribution in [0.1, 0.15) is 22.8 Å². The molecule has 144 valence electrons. The fourth-order valence-corrected chi connectivity index (χ4v) is 2.45. The fraction of sp³-hybridized carbons (Fsp3) is 0.300. The number of aryl methyl sites for hydroxylation is 1. The summed E-state index contributed by atoms with van der Waals surface area (Å²) in [4.78, 5) is 24.7. The minimum atomic E-state index is -0.989. The van der Waals surface area contributed by atoms with E-state index in [1.165, 1.54) is 40.4 Å². The molecule has 0 aliphatic rings. The Morgan fingerprint density at radius 2 is 1.59 bits per heavy atom.